The fourth-order valence-electron chi connectivity index (χ4n) is 12.3. The second kappa shape index (κ2) is 15.9. The van der Waals surface area contributed by atoms with Crippen LogP contribution in [0.1, 0.15) is 5.56 Å². The molecule has 7 heteroatoms. The molecule has 0 aliphatic carbocycles. The van der Waals surface area contributed by atoms with Crippen molar-refractivity contribution in [2.45, 2.75) is 0 Å². The summed E-state index contributed by atoms with van der Waals surface area (Å²) in [7, 11) is 0. The predicted octanol–water partition coefficient (Wildman–Crippen LogP) is 19.9. The van der Waals surface area contributed by atoms with Gasteiger partial charge in [-0.1, -0.05) is 194 Å². The van der Waals surface area contributed by atoms with Crippen LogP contribution in [0.25, 0.3) is 155 Å². The highest BCUT2D eigenvalue weighted by Crippen LogP contribution is 2.55. The number of para-hydroxylation sites is 2. The Morgan fingerprint density at radius 1 is 0.413 bits per heavy atom. The molecule has 5 heterocycles. The molecule has 0 saturated heterocycles. The van der Waals surface area contributed by atoms with Crippen LogP contribution in [-0.4, -0.2) is 9.13 Å². The number of nitriles is 1. The van der Waals surface area contributed by atoms with Gasteiger partial charge in [-0.05, 0) is 46.5 Å². The molecule has 0 aliphatic heterocycles. The fourth-order valence-corrected chi connectivity index (χ4v) is 14.9. The SMILES string of the molecule is [C-]#[N+]c1c(-c2ccccc2)c(C#N)c(-n2c3ccccc3c3ccc4c5cccc(-c6ccccc6)c5sc4c32)c(-c2ccccc2)c1-n1c2c(ccc3c4ccccc4oc32)c2ccc3c4ccccc4sc3c21. The molecule has 0 fully saturated rings. The van der Waals surface area contributed by atoms with E-state index in [0.717, 1.165) is 108 Å². The van der Waals surface area contributed by atoms with Crippen molar-refractivity contribution >= 4 is 134 Å². The first kappa shape index (κ1) is 41.8. The van der Waals surface area contributed by atoms with Gasteiger partial charge in [0.1, 0.15) is 11.7 Å². The maximum absolute atomic E-state index is 12.2. The molecule has 16 aromatic rings. The van der Waals surface area contributed by atoms with Crippen molar-refractivity contribution in [3.05, 3.63) is 235 Å². The first-order chi connectivity index (χ1) is 37.2. The Morgan fingerprint density at radius 3 is 1.68 bits per heavy atom. The first-order valence-electron chi connectivity index (χ1n) is 24.9. The van der Waals surface area contributed by atoms with E-state index >= 15 is 0 Å². The minimum atomic E-state index is 0.380. The van der Waals surface area contributed by atoms with Crippen LogP contribution in [0.3, 0.4) is 0 Å². The van der Waals surface area contributed by atoms with Crippen molar-refractivity contribution in [1.82, 2.24) is 9.13 Å². The zero-order chi connectivity index (χ0) is 49.5. The monoisotopic (exact) mass is 988 g/mol. The Labute approximate surface area is 436 Å². The molecule has 0 amide bonds. The number of hydrogen-bond donors (Lipinski definition) is 0. The van der Waals surface area contributed by atoms with E-state index in [-0.39, 0.29) is 0 Å². The standard InChI is InChI=1S/C68H36N4OS2/c1-70-59-57(40-20-7-3-8-21-40)53(38-69)60(71-54-29-14-11-24-43(54)46-33-37-52-50-28-17-27-42(39-18-5-2-6-19-39)66(50)75-68(52)62(46)71)58(41-22-9-4-10-23-41)64(59)72-61-47(32-35-49-44-25-12-15-30-55(44)73-65(49)61)48-34-36-51-45-26-13-16-31-56(45)74-67(51)63(48)72/h2-37H. The highest BCUT2D eigenvalue weighted by Gasteiger charge is 2.34. The smallest absolute Gasteiger partial charge is 0.220 e. The average Bonchev–Trinajstić information content (AvgIpc) is 4.37. The third-order valence-electron chi connectivity index (χ3n) is 15.4. The summed E-state index contributed by atoms with van der Waals surface area (Å²) in [4.78, 5) is 4.66. The van der Waals surface area contributed by atoms with Crippen LogP contribution in [0.5, 0.6) is 0 Å². The molecule has 5 nitrogen and oxygen atoms in total. The molecule has 16 rings (SSSR count). The minimum absolute atomic E-state index is 0.380. The van der Waals surface area contributed by atoms with Gasteiger partial charge in [0, 0.05) is 74.4 Å². The van der Waals surface area contributed by atoms with Gasteiger partial charge in [0.25, 0.3) is 0 Å². The Kier molecular flexibility index (Phi) is 8.85. The molecule has 0 bridgehead atoms. The topological polar surface area (TPSA) is 51.1 Å². The van der Waals surface area contributed by atoms with E-state index in [2.05, 4.69) is 190 Å². The van der Waals surface area contributed by atoms with E-state index < -0.39 is 0 Å². The quantitative estimate of drug-likeness (QED) is 0.161. The highest BCUT2D eigenvalue weighted by atomic mass is 32.1. The van der Waals surface area contributed by atoms with Gasteiger partial charge >= 0.3 is 0 Å². The summed E-state index contributed by atoms with van der Waals surface area (Å²) in [5.41, 5.74) is 12.9. The lowest BCUT2D eigenvalue weighted by molar-refractivity contribution is 0.671. The Balaban J connectivity index is 1.19. The summed E-state index contributed by atoms with van der Waals surface area (Å²) in [6.45, 7) is 9.57. The molecule has 0 atom stereocenters. The second-order valence-electron chi connectivity index (χ2n) is 19.2. The number of fused-ring (bicyclic) bond motifs is 18. The van der Waals surface area contributed by atoms with Crippen molar-refractivity contribution in [2.24, 2.45) is 0 Å². The van der Waals surface area contributed by atoms with Crippen LogP contribution in [-0.2, 0) is 0 Å². The largest absolute Gasteiger partial charge is 0.454 e. The average molecular weight is 989 g/mol. The van der Waals surface area contributed by atoms with Gasteiger partial charge in [0.2, 0.25) is 5.69 Å². The van der Waals surface area contributed by atoms with Crippen LogP contribution < -0.4 is 0 Å². The van der Waals surface area contributed by atoms with E-state index in [1.54, 1.807) is 22.7 Å². The zero-order valence-corrected chi connectivity index (χ0v) is 41.4. The van der Waals surface area contributed by atoms with E-state index in [4.69, 9.17) is 4.42 Å². The number of rotatable bonds is 5. The normalized spacial score (nSPS) is 12.0. The van der Waals surface area contributed by atoms with Gasteiger partial charge in [-0.15, -0.1) is 22.7 Å². The molecule has 5 aromatic heterocycles. The summed E-state index contributed by atoms with van der Waals surface area (Å²) < 4.78 is 16.4. The molecule has 346 valence electrons. The third kappa shape index (κ3) is 5.74. The van der Waals surface area contributed by atoms with Crippen LogP contribution in [0.15, 0.2) is 223 Å². The van der Waals surface area contributed by atoms with Crippen molar-refractivity contribution in [3.63, 3.8) is 0 Å². The molecule has 11 aromatic carbocycles. The lowest BCUT2D eigenvalue weighted by atomic mass is 9.88. The summed E-state index contributed by atoms with van der Waals surface area (Å²) in [6.07, 6.45) is 0. The van der Waals surface area contributed by atoms with Crippen LogP contribution in [0, 0.1) is 17.9 Å². The third-order valence-corrected chi connectivity index (χ3v) is 17.8. The number of aromatic nitrogens is 2. The Bertz CT molecular complexity index is 5070. The molecule has 0 unspecified atom stereocenters. The number of furan rings is 1. The summed E-state index contributed by atoms with van der Waals surface area (Å²) >= 11 is 3.58. The van der Waals surface area contributed by atoms with Gasteiger partial charge in [0.15, 0.2) is 5.58 Å². The van der Waals surface area contributed by atoms with Gasteiger partial charge in [-0.25, -0.2) is 4.85 Å². The van der Waals surface area contributed by atoms with Gasteiger partial charge < -0.3 is 13.6 Å². The number of hydrogen-bond acceptors (Lipinski definition) is 4. The lowest BCUT2D eigenvalue weighted by Crippen LogP contribution is -2.09. The van der Waals surface area contributed by atoms with Crippen LogP contribution in [0.2, 0.25) is 0 Å². The maximum atomic E-state index is 12.2. The lowest BCUT2D eigenvalue weighted by Gasteiger charge is -2.26. The van der Waals surface area contributed by atoms with Gasteiger partial charge in [-0.3, -0.25) is 0 Å². The summed E-state index contributed by atoms with van der Waals surface area (Å²) in [5, 5.41) is 23.1. The number of benzene rings is 11. The van der Waals surface area contributed by atoms with Gasteiger partial charge in [0.05, 0.1) is 55.0 Å². The minimum Gasteiger partial charge on any atom is -0.454 e. The summed E-state index contributed by atoms with van der Waals surface area (Å²) in [5.74, 6) is 0. The molecule has 0 N–H and O–H groups in total. The Hall–Kier alpha value is -9.76. The number of thiophene rings is 2. The molecule has 0 aliphatic rings. The van der Waals surface area contributed by atoms with E-state index in [0.29, 0.717) is 28.2 Å². The van der Waals surface area contributed by atoms with E-state index in [1.165, 1.54) is 25.7 Å². The van der Waals surface area contributed by atoms with Crippen LogP contribution in [0.4, 0.5) is 5.69 Å². The van der Waals surface area contributed by atoms with Crippen molar-refractivity contribution in [1.29, 1.82) is 5.26 Å². The predicted molar refractivity (Wildman–Crippen MR) is 315 cm³/mol. The number of nitrogens with zero attached hydrogens (tertiary/aromatic N) is 4. The maximum Gasteiger partial charge on any atom is 0.220 e. The van der Waals surface area contributed by atoms with Crippen LogP contribution >= 0.6 is 22.7 Å². The van der Waals surface area contributed by atoms with Gasteiger partial charge in [-0.2, -0.15) is 5.26 Å². The van der Waals surface area contributed by atoms with E-state index in [9.17, 15) is 11.8 Å². The molecular weight excluding hydrogens is 953 g/mol. The van der Waals surface area contributed by atoms with Crippen molar-refractivity contribution < 1.29 is 4.42 Å². The van der Waals surface area contributed by atoms with Crippen molar-refractivity contribution in [2.75, 3.05) is 0 Å². The highest BCUT2D eigenvalue weighted by molar-refractivity contribution is 7.27. The first-order valence-corrected chi connectivity index (χ1v) is 26.6. The molecule has 75 heavy (non-hydrogen) atoms. The zero-order valence-electron chi connectivity index (χ0n) is 39.8. The Morgan fingerprint density at radius 2 is 0.947 bits per heavy atom. The van der Waals surface area contributed by atoms with Crippen molar-refractivity contribution in [3.8, 4) is 50.8 Å². The molecular formula is C68H36N4OS2. The molecule has 0 spiro atoms. The fraction of sp³-hybridized carbons (Fsp3) is 0. The summed E-state index contributed by atoms with van der Waals surface area (Å²) in [6, 6.07) is 79.5. The molecule has 0 saturated carbocycles. The molecule has 0 radical (unpaired) electrons. The van der Waals surface area contributed by atoms with E-state index in [1.807, 2.05) is 48.5 Å². The second-order valence-corrected chi connectivity index (χ2v) is 21.2.